The predicted molar refractivity (Wildman–Crippen MR) is 52.7 cm³/mol. The Morgan fingerprint density at radius 2 is 2.15 bits per heavy atom. The number of ketones is 1. The Labute approximate surface area is 79.0 Å². The van der Waals surface area contributed by atoms with Crippen molar-refractivity contribution in [3.63, 3.8) is 0 Å². The molecule has 0 aliphatic heterocycles. The van der Waals surface area contributed by atoms with Crippen molar-refractivity contribution in [1.82, 2.24) is 4.98 Å². The molecule has 1 aromatic heterocycles. The average molecular weight is 177 g/mol. The van der Waals surface area contributed by atoms with Gasteiger partial charge in [0.2, 0.25) is 0 Å². The molecule has 0 saturated heterocycles. The number of carbonyl (C=O) groups is 1. The predicted octanol–water partition coefficient (Wildman–Crippen LogP) is 2.34. The first-order valence-electron chi connectivity index (χ1n) is 4.53. The molecule has 1 aromatic rings. The summed E-state index contributed by atoms with van der Waals surface area (Å²) in [6, 6.07) is 2.05. The highest BCUT2D eigenvalue weighted by atomic mass is 16.1. The van der Waals surface area contributed by atoms with E-state index < -0.39 is 0 Å². The maximum Gasteiger partial charge on any atom is 0.134 e. The number of nitrogens with zero attached hydrogens (tertiary/aromatic N) is 1. The van der Waals surface area contributed by atoms with E-state index in [4.69, 9.17) is 0 Å². The smallest absolute Gasteiger partial charge is 0.134 e. The summed E-state index contributed by atoms with van der Waals surface area (Å²) in [6.45, 7) is 5.84. The van der Waals surface area contributed by atoms with E-state index in [2.05, 4.69) is 24.9 Å². The molecule has 0 fully saturated rings. The summed E-state index contributed by atoms with van der Waals surface area (Å²) >= 11 is 0. The topological polar surface area (TPSA) is 30.0 Å². The van der Waals surface area contributed by atoms with Crippen LogP contribution in [0.5, 0.6) is 0 Å². The summed E-state index contributed by atoms with van der Waals surface area (Å²) in [5, 5.41) is 0. The Balaban J connectivity index is 2.85. The number of hydrogen-bond acceptors (Lipinski definition) is 2. The van der Waals surface area contributed by atoms with Crippen LogP contribution < -0.4 is 0 Å². The zero-order valence-corrected chi connectivity index (χ0v) is 8.37. The Morgan fingerprint density at radius 3 is 2.69 bits per heavy atom. The van der Waals surface area contributed by atoms with E-state index in [9.17, 15) is 4.79 Å². The van der Waals surface area contributed by atoms with Gasteiger partial charge in [-0.2, -0.15) is 0 Å². The van der Waals surface area contributed by atoms with Gasteiger partial charge in [0, 0.05) is 18.8 Å². The molecule has 0 bridgehead atoms. The van der Waals surface area contributed by atoms with Crippen molar-refractivity contribution in [3.05, 3.63) is 29.6 Å². The summed E-state index contributed by atoms with van der Waals surface area (Å²) in [4.78, 5) is 15.0. The van der Waals surface area contributed by atoms with E-state index in [1.165, 1.54) is 5.56 Å². The molecule has 0 amide bonds. The van der Waals surface area contributed by atoms with Crippen LogP contribution in [0.1, 0.15) is 37.8 Å². The third-order valence-corrected chi connectivity index (χ3v) is 1.94. The highest BCUT2D eigenvalue weighted by Gasteiger charge is 2.02. The molecule has 0 aliphatic rings. The number of rotatable bonds is 3. The largest absolute Gasteiger partial charge is 0.300 e. The molecule has 2 nitrogen and oxygen atoms in total. The van der Waals surface area contributed by atoms with E-state index in [-0.39, 0.29) is 5.78 Å². The van der Waals surface area contributed by atoms with Crippen molar-refractivity contribution < 1.29 is 4.79 Å². The lowest BCUT2D eigenvalue weighted by Crippen LogP contribution is -1.99. The van der Waals surface area contributed by atoms with Gasteiger partial charge in [-0.3, -0.25) is 9.78 Å². The molecule has 1 rings (SSSR count). The van der Waals surface area contributed by atoms with Gasteiger partial charge in [-0.05, 0) is 24.0 Å². The monoisotopic (exact) mass is 177 g/mol. The molecule has 0 saturated carbocycles. The Hall–Kier alpha value is -1.18. The third kappa shape index (κ3) is 2.98. The second-order valence-electron chi connectivity index (χ2n) is 3.66. The molecule has 2 heteroatoms. The fourth-order valence-corrected chi connectivity index (χ4v) is 1.21. The molecule has 0 unspecified atom stereocenters. The summed E-state index contributed by atoms with van der Waals surface area (Å²) in [6.07, 6.45) is 4.11. The van der Waals surface area contributed by atoms with Crippen molar-refractivity contribution in [3.8, 4) is 0 Å². The molecule has 0 radical (unpaired) electrons. The van der Waals surface area contributed by atoms with Crippen molar-refractivity contribution in [2.24, 2.45) is 0 Å². The molecule has 0 aromatic carbocycles. The fraction of sp³-hybridized carbons (Fsp3) is 0.455. The highest BCUT2D eigenvalue weighted by Crippen LogP contribution is 2.14. The zero-order valence-electron chi connectivity index (χ0n) is 8.37. The first kappa shape index (κ1) is 9.90. The summed E-state index contributed by atoms with van der Waals surface area (Å²) in [5.41, 5.74) is 2.21. The van der Waals surface area contributed by atoms with Crippen molar-refractivity contribution in [1.29, 1.82) is 0 Å². The minimum atomic E-state index is 0.183. The van der Waals surface area contributed by atoms with Crippen LogP contribution in [0, 0.1) is 0 Å². The lowest BCUT2D eigenvalue weighted by atomic mass is 10.0. The van der Waals surface area contributed by atoms with Gasteiger partial charge in [-0.15, -0.1) is 0 Å². The van der Waals surface area contributed by atoms with E-state index in [0.29, 0.717) is 12.3 Å². The first-order valence-corrected chi connectivity index (χ1v) is 4.53. The maximum absolute atomic E-state index is 10.9. The van der Waals surface area contributed by atoms with Gasteiger partial charge >= 0.3 is 0 Å². The summed E-state index contributed by atoms with van der Waals surface area (Å²) in [7, 11) is 0. The standard InChI is InChI=1S/C11H15NO/c1-8(2)11-5-10(4-9(3)13)6-12-7-11/h5-8H,4H2,1-3H3. The first-order chi connectivity index (χ1) is 6.09. The van der Waals surface area contributed by atoms with Crippen LogP contribution in [0.3, 0.4) is 0 Å². The van der Waals surface area contributed by atoms with Crippen LogP contribution in [-0.2, 0) is 11.2 Å². The molecule has 1 heterocycles. The van der Waals surface area contributed by atoms with Gasteiger partial charge in [0.25, 0.3) is 0 Å². The maximum atomic E-state index is 10.9. The average Bonchev–Trinajstić information content (AvgIpc) is 2.03. The van der Waals surface area contributed by atoms with Crippen LogP contribution in [0.15, 0.2) is 18.5 Å². The van der Waals surface area contributed by atoms with E-state index in [0.717, 1.165) is 5.56 Å². The molecule has 0 aliphatic carbocycles. The van der Waals surface area contributed by atoms with Crippen molar-refractivity contribution in [2.45, 2.75) is 33.1 Å². The van der Waals surface area contributed by atoms with E-state index in [1.54, 1.807) is 13.1 Å². The van der Waals surface area contributed by atoms with Gasteiger partial charge in [-0.1, -0.05) is 19.9 Å². The van der Waals surface area contributed by atoms with E-state index >= 15 is 0 Å². The van der Waals surface area contributed by atoms with Gasteiger partial charge in [0.15, 0.2) is 0 Å². The van der Waals surface area contributed by atoms with Gasteiger partial charge < -0.3 is 0 Å². The van der Waals surface area contributed by atoms with Gasteiger partial charge in [0.1, 0.15) is 5.78 Å². The highest BCUT2D eigenvalue weighted by molar-refractivity contribution is 5.78. The van der Waals surface area contributed by atoms with Crippen LogP contribution in [0.25, 0.3) is 0 Å². The zero-order chi connectivity index (χ0) is 9.84. The lowest BCUT2D eigenvalue weighted by molar-refractivity contribution is -0.116. The Morgan fingerprint density at radius 1 is 1.46 bits per heavy atom. The number of aromatic nitrogens is 1. The van der Waals surface area contributed by atoms with Gasteiger partial charge in [-0.25, -0.2) is 0 Å². The van der Waals surface area contributed by atoms with E-state index in [1.807, 2.05) is 6.20 Å². The number of hydrogen-bond donors (Lipinski definition) is 0. The summed E-state index contributed by atoms with van der Waals surface area (Å²) < 4.78 is 0. The quantitative estimate of drug-likeness (QED) is 0.709. The fourth-order valence-electron chi connectivity index (χ4n) is 1.21. The normalized spacial score (nSPS) is 10.5. The number of carbonyl (C=O) groups excluding carboxylic acids is 1. The molecule has 70 valence electrons. The minimum Gasteiger partial charge on any atom is -0.300 e. The number of pyridine rings is 1. The van der Waals surface area contributed by atoms with Crippen LogP contribution in [0.4, 0.5) is 0 Å². The van der Waals surface area contributed by atoms with Crippen LogP contribution >= 0.6 is 0 Å². The van der Waals surface area contributed by atoms with Crippen molar-refractivity contribution in [2.75, 3.05) is 0 Å². The second-order valence-corrected chi connectivity index (χ2v) is 3.66. The minimum absolute atomic E-state index is 0.183. The van der Waals surface area contributed by atoms with Crippen LogP contribution in [0.2, 0.25) is 0 Å². The van der Waals surface area contributed by atoms with Crippen LogP contribution in [-0.4, -0.2) is 10.8 Å². The second kappa shape index (κ2) is 4.17. The Kier molecular flexibility index (Phi) is 3.18. The Bertz CT molecular complexity index is 305. The molecular weight excluding hydrogens is 162 g/mol. The van der Waals surface area contributed by atoms with Gasteiger partial charge in [0.05, 0.1) is 0 Å². The molecule has 0 spiro atoms. The third-order valence-electron chi connectivity index (χ3n) is 1.94. The summed E-state index contributed by atoms with van der Waals surface area (Å²) in [5.74, 6) is 0.655. The number of Topliss-reactive ketones (excluding diaryl/α,β-unsaturated/α-hetero) is 1. The molecule has 13 heavy (non-hydrogen) atoms. The molecule has 0 N–H and O–H groups in total. The SMILES string of the molecule is CC(=O)Cc1cncc(C(C)C)c1. The lowest BCUT2D eigenvalue weighted by Gasteiger charge is -2.05. The molecular formula is C11H15NO. The van der Waals surface area contributed by atoms with Crippen molar-refractivity contribution >= 4 is 5.78 Å². The molecule has 0 atom stereocenters.